The molecule has 5 nitrogen and oxygen atoms in total. The second-order valence-electron chi connectivity index (χ2n) is 8.51. The smallest absolute Gasteiger partial charge is 0.248 e. The predicted molar refractivity (Wildman–Crippen MR) is 140 cm³/mol. The normalized spacial score (nSPS) is 11.5. The van der Waals surface area contributed by atoms with Crippen molar-refractivity contribution in [1.82, 2.24) is 4.98 Å². The van der Waals surface area contributed by atoms with Gasteiger partial charge < -0.3 is 14.2 Å². The molecule has 0 radical (unpaired) electrons. The van der Waals surface area contributed by atoms with Gasteiger partial charge in [0, 0.05) is 27.9 Å². The van der Waals surface area contributed by atoms with Gasteiger partial charge in [0.05, 0.1) is 0 Å². The number of amides is 1. The molecule has 0 unspecified atom stereocenters. The van der Waals surface area contributed by atoms with Crippen LogP contribution < -0.4 is 5.32 Å². The predicted octanol–water partition coefficient (Wildman–Crippen LogP) is 8.18. The highest BCUT2D eigenvalue weighted by Gasteiger charge is 2.11. The van der Waals surface area contributed by atoms with E-state index < -0.39 is 0 Å². The summed E-state index contributed by atoms with van der Waals surface area (Å²) in [6.07, 6.45) is 3.07. The van der Waals surface area contributed by atoms with Gasteiger partial charge in [-0.25, -0.2) is 4.98 Å². The van der Waals surface area contributed by atoms with E-state index in [0.29, 0.717) is 34.0 Å². The number of anilines is 1. The second kappa shape index (κ2) is 9.65. The monoisotopic (exact) mass is 482 g/mol. The maximum Gasteiger partial charge on any atom is 0.248 e. The van der Waals surface area contributed by atoms with Gasteiger partial charge in [-0.2, -0.15) is 0 Å². The van der Waals surface area contributed by atoms with Gasteiger partial charge in [0.25, 0.3) is 0 Å². The van der Waals surface area contributed by atoms with Gasteiger partial charge in [-0.15, -0.1) is 0 Å². The lowest BCUT2D eigenvalue weighted by Crippen LogP contribution is -2.07. The first-order chi connectivity index (χ1) is 16.9. The summed E-state index contributed by atoms with van der Waals surface area (Å²) in [5.41, 5.74) is 5.10. The van der Waals surface area contributed by atoms with Crippen LogP contribution in [0.25, 0.3) is 40.0 Å². The molecule has 0 aliphatic rings. The molecule has 0 saturated heterocycles. The van der Waals surface area contributed by atoms with Crippen LogP contribution in [0.5, 0.6) is 0 Å². The third-order valence-corrected chi connectivity index (χ3v) is 5.86. The van der Waals surface area contributed by atoms with Crippen molar-refractivity contribution in [3.8, 4) is 22.8 Å². The Kier molecular flexibility index (Phi) is 6.25. The van der Waals surface area contributed by atoms with Crippen molar-refractivity contribution in [1.29, 1.82) is 0 Å². The molecule has 6 heteroatoms. The van der Waals surface area contributed by atoms with Gasteiger partial charge in [0.2, 0.25) is 11.8 Å². The number of aromatic nitrogens is 1. The lowest BCUT2D eigenvalue weighted by atomic mass is 10.0. The van der Waals surface area contributed by atoms with Crippen molar-refractivity contribution in [2.75, 3.05) is 5.32 Å². The Morgan fingerprint density at radius 2 is 1.77 bits per heavy atom. The molecule has 0 bridgehead atoms. The number of rotatable bonds is 6. The molecule has 0 spiro atoms. The molecule has 5 aromatic rings. The van der Waals surface area contributed by atoms with Crippen molar-refractivity contribution < 1.29 is 13.6 Å². The number of nitrogens with one attached hydrogen (secondary N) is 1. The molecule has 2 aromatic heterocycles. The molecule has 1 N–H and O–H groups in total. The maximum absolute atomic E-state index is 12.5. The zero-order valence-corrected chi connectivity index (χ0v) is 20.0. The van der Waals surface area contributed by atoms with E-state index in [2.05, 4.69) is 36.3 Å². The third-order valence-electron chi connectivity index (χ3n) is 5.61. The average Bonchev–Trinajstić information content (AvgIpc) is 3.50. The van der Waals surface area contributed by atoms with E-state index >= 15 is 0 Å². The Labute approximate surface area is 208 Å². The van der Waals surface area contributed by atoms with Crippen molar-refractivity contribution in [2.24, 2.45) is 0 Å². The third kappa shape index (κ3) is 5.20. The Bertz CT molecular complexity index is 1530. The number of hydrogen-bond donors (Lipinski definition) is 1. The summed E-state index contributed by atoms with van der Waals surface area (Å²) in [6.45, 7) is 4.29. The van der Waals surface area contributed by atoms with Crippen molar-refractivity contribution in [2.45, 2.75) is 19.8 Å². The van der Waals surface area contributed by atoms with Crippen LogP contribution in [0.3, 0.4) is 0 Å². The standard InChI is InChI=1S/C29H23ClN2O3/c1-18(2)20-8-13-27-25(17-20)32-29(35-27)21-4-3-5-23(16-21)31-28(33)15-12-24-11-14-26(34-24)19-6-9-22(30)10-7-19/h3-18H,1-2H3,(H,31,33)/b15-12+. The molecule has 2 heterocycles. The highest BCUT2D eigenvalue weighted by atomic mass is 35.5. The number of nitrogens with zero attached hydrogens (tertiary/aromatic N) is 1. The van der Waals surface area contributed by atoms with Crippen LogP contribution in [0.15, 0.2) is 93.8 Å². The molecule has 35 heavy (non-hydrogen) atoms. The summed E-state index contributed by atoms with van der Waals surface area (Å²) >= 11 is 5.94. The number of oxazole rings is 1. The molecule has 1 amide bonds. The first kappa shape index (κ1) is 22.7. The molecular weight excluding hydrogens is 460 g/mol. The van der Waals surface area contributed by atoms with Crippen molar-refractivity contribution in [3.63, 3.8) is 0 Å². The first-order valence-corrected chi connectivity index (χ1v) is 11.7. The SMILES string of the molecule is CC(C)c1ccc2oc(-c3cccc(NC(=O)/C=C/c4ccc(-c5ccc(Cl)cc5)o4)c3)nc2c1. The largest absolute Gasteiger partial charge is 0.457 e. The van der Waals surface area contributed by atoms with E-state index in [1.807, 2.05) is 54.6 Å². The van der Waals surface area contributed by atoms with Crippen LogP contribution in [-0.2, 0) is 4.79 Å². The summed E-state index contributed by atoms with van der Waals surface area (Å²) < 4.78 is 11.8. The molecule has 3 aromatic carbocycles. The van der Waals surface area contributed by atoms with E-state index in [0.717, 1.165) is 22.2 Å². The van der Waals surface area contributed by atoms with Gasteiger partial charge in [0.15, 0.2) is 5.58 Å². The highest BCUT2D eigenvalue weighted by Crippen LogP contribution is 2.28. The zero-order valence-electron chi connectivity index (χ0n) is 19.3. The molecule has 0 atom stereocenters. The van der Waals surface area contributed by atoms with Gasteiger partial charge in [0.1, 0.15) is 17.0 Å². The fraction of sp³-hybridized carbons (Fsp3) is 0.103. The molecule has 0 fully saturated rings. The van der Waals surface area contributed by atoms with Crippen LogP contribution in [0, 0.1) is 0 Å². The summed E-state index contributed by atoms with van der Waals surface area (Å²) in [7, 11) is 0. The van der Waals surface area contributed by atoms with Crippen LogP contribution in [0.2, 0.25) is 5.02 Å². The highest BCUT2D eigenvalue weighted by molar-refractivity contribution is 6.30. The maximum atomic E-state index is 12.5. The minimum atomic E-state index is -0.272. The lowest BCUT2D eigenvalue weighted by Gasteiger charge is -2.03. The fourth-order valence-corrected chi connectivity index (χ4v) is 3.84. The number of carbonyl (C=O) groups excluding carboxylic acids is 1. The fourth-order valence-electron chi connectivity index (χ4n) is 3.71. The first-order valence-electron chi connectivity index (χ1n) is 11.3. The van der Waals surface area contributed by atoms with E-state index in [1.165, 1.54) is 11.6 Å². The summed E-state index contributed by atoms with van der Waals surface area (Å²) in [5.74, 6) is 1.93. The number of fused-ring (bicyclic) bond motifs is 1. The van der Waals surface area contributed by atoms with E-state index in [9.17, 15) is 4.79 Å². The Morgan fingerprint density at radius 1 is 0.943 bits per heavy atom. The summed E-state index contributed by atoms with van der Waals surface area (Å²) in [6, 6.07) is 24.5. The van der Waals surface area contributed by atoms with Crippen LogP contribution >= 0.6 is 11.6 Å². The molecule has 0 aliphatic heterocycles. The van der Waals surface area contributed by atoms with Crippen molar-refractivity contribution >= 4 is 40.4 Å². The van der Waals surface area contributed by atoms with Crippen molar-refractivity contribution in [3.05, 3.63) is 101 Å². The summed E-state index contributed by atoms with van der Waals surface area (Å²) in [4.78, 5) is 17.1. The van der Waals surface area contributed by atoms with Gasteiger partial charge in [-0.05, 0) is 84.3 Å². The number of benzene rings is 3. The van der Waals surface area contributed by atoms with E-state index in [1.54, 1.807) is 18.2 Å². The topological polar surface area (TPSA) is 68.3 Å². The Hall–Kier alpha value is -4.09. The minimum absolute atomic E-state index is 0.272. The Balaban J connectivity index is 1.28. The molecule has 174 valence electrons. The average molecular weight is 483 g/mol. The van der Waals surface area contributed by atoms with Crippen LogP contribution in [-0.4, -0.2) is 10.9 Å². The number of furan rings is 1. The number of halogens is 1. The molecule has 0 aliphatic carbocycles. The molecule has 0 saturated carbocycles. The second-order valence-corrected chi connectivity index (χ2v) is 8.95. The number of hydrogen-bond acceptors (Lipinski definition) is 4. The summed E-state index contributed by atoms with van der Waals surface area (Å²) in [5, 5.41) is 3.54. The van der Waals surface area contributed by atoms with Gasteiger partial charge in [-0.3, -0.25) is 4.79 Å². The van der Waals surface area contributed by atoms with E-state index in [-0.39, 0.29) is 5.91 Å². The van der Waals surface area contributed by atoms with Gasteiger partial charge >= 0.3 is 0 Å². The minimum Gasteiger partial charge on any atom is -0.457 e. The molecule has 5 rings (SSSR count). The van der Waals surface area contributed by atoms with E-state index in [4.69, 9.17) is 20.4 Å². The lowest BCUT2D eigenvalue weighted by molar-refractivity contribution is -0.111. The zero-order chi connectivity index (χ0) is 24.4. The van der Waals surface area contributed by atoms with Crippen LogP contribution in [0.1, 0.15) is 31.1 Å². The van der Waals surface area contributed by atoms with Gasteiger partial charge in [-0.1, -0.05) is 37.6 Å². The Morgan fingerprint density at radius 3 is 2.57 bits per heavy atom. The quantitative estimate of drug-likeness (QED) is 0.248. The number of carbonyl (C=O) groups is 1. The van der Waals surface area contributed by atoms with Crippen LogP contribution in [0.4, 0.5) is 5.69 Å². The molecular formula is C29H23ClN2O3.